The Labute approximate surface area is 155 Å². The predicted octanol–water partition coefficient (Wildman–Crippen LogP) is 0.447. The third-order valence-corrected chi connectivity index (χ3v) is 6.15. The molecule has 8 heteroatoms. The van der Waals surface area contributed by atoms with Crippen LogP contribution in [0.15, 0.2) is 29.2 Å². The molecule has 2 aliphatic heterocycles. The fraction of sp³-hybridized carbons (Fsp3) is 0.611. The minimum Gasteiger partial charge on any atom is -0.381 e. The number of sulfonamides is 1. The van der Waals surface area contributed by atoms with Gasteiger partial charge in [0.1, 0.15) is 0 Å². The summed E-state index contributed by atoms with van der Waals surface area (Å²) in [6.07, 6.45) is 2.53. The first-order valence-electron chi connectivity index (χ1n) is 9.14. The summed E-state index contributed by atoms with van der Waals surface area (Å²) in [6.45, 7) is 5.60. The van der Waals surface area contributed by atoms with Crippen LogP contribution in [0.2, 0.25) is 0 Å². The van der Waals surface area contributed by atoms with Gasteiger partial charge in [-0.2, -0.15) is 0 Å². The van der Waals surface area contributed by atoms with Gasteiger partial charge < -0.3 is 9.64 Å². The number of ether oxygens (including phenoxy) is 1. The zero-order chi connectivity index (χ0) is 18.6. The highest BCUT2D eigenvalue weighted by atomic mass is 32.2. The van der Waals surface area contributed by atoms with Crippen LogP contribution in [0.1, 0.15) is 18.4 Å². The van der Waals surface area contributed by atoms with Gasteiger partial charge in [-0.1, -0.05) is 12.1 Å². The highest BCUT2D eigenvalue weighted by molar-refractivity contribution is 7.89. The van der Waals surface area contributed by atoms with E-state index in [1.165, 1.54) is 0 Å². The first-order valence-corrected chi connectivity index (χ1v) is 10.7. The van der Waals surface area contributed by atoms with Crippen molar-refractivity contribution in [2.45, 2.75) is 24.2 Å². The molecule has 2 aliphatic rings. The van der Waals surface area contributed by atoms with Crippen LogP contribution in [-0.4, -0.2) is 70.1 Å². The molecule has 0 aromatic heterocycles. The van der Waals surface area contributed by atoms with E-state index in [1.54, 1.807) is 12.1 Å². The molecule has 2 heterocycles. The molecule has 7 nitrogen and oxygen atoms in total. The van der Waals surface area contributed by atoms with Gasteiger partial charge in [0.15, 0.2) is 0 Å². The molecule has 1 amide bonds. The molecule has 0 spiro atoms. The molecule has 26 heavy (non-hydrogen) atoms. The standard InChI is InChI=1S/C18H27N3O4S/c19-26(23,24)17-3-1-15(2-4-17)5-8-20-9-11-21(12-10-20)18(22)16-6-13-25-14-7-16/h1-4,16H,5-14H2,(H2,19,23,24). The van der Waals surface area contributed by atoms with Gasteiger partial charge in [0.05, 0.1) is 4.90 Å². The molecule has 0 unspecified atom stereocenters. The lowest BCUT2D eigenvalue weighted by Crippen LogP contribution is -2.51. The third-order valence-electron chi connectivity index (χ3n) is 5.22. The van der Waals surface area contributed by atoms with Gasteiger partial charge in [-0.15, -0.1) is 0 Å². The largest absolute Gasteiger partial charge is 0.381 e. The van der Waals surface area contributed by atoms with Crippen molar-refractivity contribution in [3.63, 3.8) is 0 Å². The highest BCUT2D eigenvalue weighted by Crippen LogP contribution is 2.19. The Morgan fingerprint density at radius 3 is 2.27 bits per heavy atom. The second kappa shape index (κ2) is 8.47. The van der Waals surface area contributed by atoms with E-state index in [9.17, 15) is 13.2 Å². The van der Waals surface area contributed by atoms with Crippen LogP contribution < -0.4 is 5.14 Å². The van der Waals surface area contributed by atoms with Crippen molar-refractivity contribution in [3.05, 3.63) is 29.8 Å². The van der Waals surface area contributed by atoms with Gasteiger partial charge in [-0.25, -0.2) is 13.6 Å². The number of piperazine rings is 1. The number of nitrogens with zero attached hydrogens (tertiary/aromatic N) is 2. The fourth-order valence-corrected chi connectivity index (χ4v) is 4.04. The van der Waals surface area contributed by atoms with E-state index in [2.05, 4.69) is 4.90 Å². The van der Waals surface area contributed by atoms with Crippen LogP contribution in [-0.2, 0) is 26.0 Å². The van der Waals surface area contributed by atoms with E-state index in [4.69, 9.17) is 9.88 Å². The Morgan fingerprint density at radius 2 is 1.69 bits per heavy atom. The number of hydrogen-bond donors (Lipinski definition) is 1. The quantitative estimate of drug-likeness (QED) is 0.799. The molecule has 0 aliphatic carbocycles. The minimum absolute atomic E-state index is 0.132. The normalized spacial score (nSPS) is 20.3. The Morgan fingerprint density at radius 1 is 1.08 bits per heavy atom. The van der Waals surface area contributed by atoms with Crippen molar-refractivity contribution in [3.8, 4) is 0 Å². The van der Waals surface area contributed by atoms with E-state index in [1.807, 2.05) is 17.0 Å². The number of primary sulfonamides is 1. The zero-order valence-corrected chi connectivity index (χ0v) is 15.8. The molecule has 1 aromatic carbocycles. The monoisotopic (exact) mass is 381 g/mol. The fourth-order valence-electron chi connectivity index (χ4n) is 3.53. The molecule has 1 aromatic rings. The molecule has 3 rings (SSSR count). The summed E-state index contributed by atoms with van der Waals surface area (Å²) in [6, 6.07) is 6.72. The lowest BCUT2D eigenvalue weighted by molar-refractivity contribution is -0.140. The minimum atomic E-state index is -3.63. The number of amides is 1. The lowest BCUT2D eigenvalue weighted by Gasteiger charge is -2.37. The van der Waals surface area contributed by atoms with Crippen molar-refractivity contribution in [2.75, 3.05) is 45.9 Å². The van der Waals surface area contributed by atoms with Crippen molar-refractivity contribution < 1.29 is 17.9 Å². The zero-order valence-electron chi connectivity index (χ0n) is 15.0. The number of nitrogens with two attached hydrogens (primary N) is 1. The molecule has 144 valence electrons. The van der Waals surface area contributed by atoms with Crippen molar-refractivity contribution in [2.24, 2.45) is 11.1 Å². The van der Waals surface area contributed by atoms with E-state index in [0.29, 0.717) is 13.2 Å². The van der Waals surface area contributed by atoms with Crippen molar-refractivity contribution >= 4 is 15.9 Å². The average molecular weight is 381 g/mol. The van der Waals surface area contributed by atoms with Crippen LogP contribution in [0.3, 0.4) is 0 Å². The molecule has 2 fully saturated rings. The number of benzene rings is 1. The maximum atomic E-state index is 12.5. The average Bonchev–Trinajstić information content (AvgIpc) is 2.66. The maximum Gasteiger partial charge on any atom is 0.238 e. The van der Waals surface area contributed by atoms with Crippen molar-refractivity contribution in [1.82, 2.24) is 9.80 Å². The van der Waals surface area contributed by atoms with Gasteiger partial charge in [0, 0.05) is 51.9 Å². The van der Waals surface area contributed by atoms with Gasteiger partial charge in [-0.3, -0.25) is 9.69 Å². The summed E-state index contributed by atoms with van der Waals surface area (Å²) in [7, 11) is -3.63. The summed E-state index contributed by atoms with van der Waals surface area (Å²) >= 11 is 0. The summed E-state index contributed by atoms with van der Waals surface area (Å²) in [5, 5.41) is 5.11. The molecule has 0 saturated carbocycles. The third kappa shape index (κ3) is 5.03. The summed E-state index contributed by atoms with van der Waals surface area (Å²) in [5.41, 5.74) is 1.08. The van der Waals surface area contributed by atoms with Crippen LogP contribution >= 0.6 is 0 Å². The summed E-state index contributed by atoms with van der Waals surface area (Å²) in [4.78, 5) is 17.0. The van der Waals surface area contributed by atoms with E-state index in [-0.39, 0.29) is 16.7 Å². The van der Waals surface area contributed by atoms with E-state index < -0.39 is 10.0 Å². The van der Waals surface area contributed by atoms with Crippen LogP contribution in [0.4, 0.5) is 0 Å². The van der Waals surface area contributed by atoms with Crippen LogP contribution in [0, 0.1) is 5.92 Å². The van der Waals surface area contributed by atoms with Gasteiger partial charge in [0.25, 0.3) is 0 Å². The molecule has 0 radical (unpaired) electrons. The Hall–Kier alpha value is -1.48. The maximum absolute atomic E-state index is 12.5. The second-order valence-corrected chi connectivity index (χ2v) is 8.55. The lowest BCUT2D eigenvalue weighted by atomic mass is 9.98. The number of carbonyl (C=O) groups is 1. The molecule has 2 saturated heterocycles. The highest BCUT2D eigenvalue weighted by Gasteiger charge is 2.28. The SMILES string of the molecule is NS(=O)(=O)c1ccc(CCN2CCN(C(=O)C3CCOCC3)CC2)cc1. The molecule has 0 bridgehead atoms. The van der Waals surface area contributed by atoms with E-state index >= 15 is 0 Å². The first-order chi connectivity index (χ1) is 12.4. The number of carbonyl (C=O) groups excluding carboxylic acids is 1. The van der Waals surface area contributed by atoms with Gasteiger partial charge in [-0.05, 0) is 37.0 Å². The predicted molar refractivity (Wildman–Crippen MR) is 98.1 cm³/mol. The van der Waals surface area contributed by atoms with Crippen LogP contribution in [0.25, 0.3) is 0 Å². The van der Waals surface area contributed by atoms with Gasteiger partial charge in [0.2, 0.25) is 15.9 Å². The molecule has 0 atom stereocenters. The Balaban J connectivity index is 1.43. The van der Waals surface area contributed by atoms with E-state index in [0.717, 1.165) is 57.5 Å². The molecular formula is C18H27N3O4S. The molecule has 2 N–H and O–H groups in total. The Kier molecular flexibility index (Phi) is 6.29. The summed E-state index contributed by atoms with van der Waals surface area (Å²) < 4.78 is 27.9. The molecular weight excluding hydrogens is 354 g/mol. The summed E-state index contributed by atoms with van der Waals surface area (Å²) in [5.74, 6) is 0.416. The topological polar surface area (TPSA) is 92.9 Å². The Bertz CT molecular complexity index is 706. The smallest absolute Gasteiger partial charge is 0.238 e. The number of rotatable bonds is 5. The van der Waals surface area contributed by atoms with Gasteiger partial charge >= 0.3 is 0 Å². The van der Waals surface area contributed by atoms with Crippen LogP contribution in [0.5, 0.6) is 0 Å². The second-order valence-electron chi connectivity index (χ2n) is 6.99. The number of hydrogen-bond acceptors (Lipinski definition) is 5. The first kappa shape index (κ1) is 19.3. The van der Waals surface area contributed by atoms with Crippen molar-refractivity contribution in [1.29, 1.82) is 0 Å².